The smallest absolute Gasteiger partial charge is 0.331 e. The van der Waals surface area contributed by atoms with Crippen LogP contribution in [-0.2, 0) is 14.3 Å². The molecule has 0 spiro atoms. The zero-order chi connectivity index (χ0) is 22.5. The van der Waals surface area contributed by atoms with Crippen molar-refractivity contribution in [1.29, 1.82) is 0 Å². The number of ether oxygens (including phenoxy) is 1. The van der Waals surface area contributed by atoms with Crippen LogP contribution >= 0.6 is 23.2 Å². The van der Waals surface area contributed by atoms with Gasteiger partial charge in [-0.3, -0.25) is 4.79 Å². The topological polar surface area (TPSA) is 75.6 Å². The first-order chi connectivity index (χ1) is 14.0. The van der Waals surface area contributed by atoms with Gasteiger partial charge in [-0.15, -0.1) is 0 Å². The number of aliphatic hydroxyl groups excluding tert-OH is 1. The number of carbonyl (C=O) groups excluding carboxylic acids is 2. The summed E-state index contributed by atoms with van der Waals surface area (Å²) in [5.41, 5.74) is -0.320. The molecule has 2 N–H and O–H groups in total. The second kappa shape index (κ2) is 10.1. The van der Waals surface area contributed by atoms with Gasteiger partial charge in [-0.2, -0.15) is 0 Å². The van der Waals surface area contributed by atoms with Crippen LogP contribution in [0, 0.1) is 5.82 Å². The molecular formula is C22H22Cl2FNO4. The molecule has 2 aromatic rings. The van der Waals surface area contributed by atoms with E-state index in [0.717, 1.165) is 18.2 Å². The third-order valence-corrected chi connectivity index (χ3v) is 4.35. The third-order valence-electron chi connectivity index (χ3n) is 3.88. The van der Waals surface area contributed by atoms with Crippen molar-refractivity contribution in [2.24, 2.45) is 0 Å². The molecule has 0 fully saturated rings. The summed E-state index contributed by atoms with van der Waals surface area (Å²) in [7, 11) is 0. The van der Waals surface area contributed by atoms with E-state index in [9.17, 15) is 19.1 Å². The Kier molecular flexibility index (Phi) is 8.01. The largest absolute Gasteiger partial charge is 0.457 e. The van der Waals surface area contributed by atoms with Crippen LogP contribution in [0.25, 0.3) is 0 Å². The minimum Gasteiger partial charge on any atom is -0.457 e. The summed E-state index contributed by atoms with van der Waals surface area (Å²) in [6.45, 7) is 5.08. The van der Waals surface area contributed by atoms with Crippen molar-refractivity contribution in [1.82, 2.24) is 5.32 Å². The maximum atomic E-state index is 14.5. The van der Waals surface area contributed by atoms with E-state index >= 15 is 0 Å². The molecule has 2 rings (SSSR count). The molecule has 0 saturated heterocycles. The van der Waals surface area contributed by atoms with Gasteiger partial charge in [-0.1, -0.05) is 41.4 Å². The lowest BCUT2D eigenvalue weighted by atomic mass is 9.95. The number of esters is 1. The van der Waals surface area contributed by atoms with E-state index < -0.39 is 35.4 Å². The Labute approximate surface area is 184 Å². The maximum absolute atomic E-state index is 14.5. The van der Waals surface area contributed by atoms with Crippen molar-refractivity contribution in [2.75, 3.05) is 0 Å². The first-order valence-corrected chi connectivity index (χ1v) is 9.82. The lowest BCUT2D eigenvalue weighted by Crippen LogP contribution is -2.32. The Bertz CT molecular complexity index is 956. The number of benzene rings is 2. The van der Waals surface area contributed by atoms with Crippen LogP contribution in [0.5, 0.6) is 0 Å². The molecule has 2 aromatic carbocycles. The van der Waals surface area contributed by atoms with Gasteiger partial charge in [-0.25, -0.2) is 9.18 Å². The lowest BCUT2D eigenvalue weighted by molar-refractivity contribution is -0.148. The van der Waals surface area contributed by atoms with Crippen LogP contribution in [-0.4, -0.2) is 22.6 Å². The molecule has 0 bridgehead atoms. The highest BCUT2D eigenvalue weighted by molar-refractivity contribution is 6.30. The van der Waals surface area contributed by atoms with Gasteiger partial charge >= 0.3 is 5.97 Å². The predicted octanol–water partition coefficient (Wildman–Crippen LogP) is 4.92. The van der Waals surface area contributed by atoms with Crippen molar-refractivity contribution in [3.63, 3.8) is 0 Å². The molecule has 8 heteroatoms. The second-order valence-electron chi connectivity index (χ2n) is 7.52. The highest BCUT2D eigenvalue weighted by Gasteiger charge is 2.27. The summed E-state index contributed by atoms with van der Waals surface area (Å²) in [4.78, 5) is 24.2. The van der Waals surface area contributed by atoms with Gasteiger partial charge in [0.1, 0.15) is 17.5 Å². The standard InChI is InChI=1S/C22H22Cl2FNO4/c1-22(2,3)30-19(28)10-9-18(27)26-20(16-8-7-15(24)12-17(16)25)21(29)13-5-4-6-14(23)11-13/h4-12,20-21,29H,1-3H3,(H,26,27)/b10-9+/t20-,21-/m1/s1. The Hall–Kier alpha value is -2.41. The highest BCUT2D eigenvalue weighted by Crippen LogP contribution is 2.32. The van der Waals surface area contributed by atoms with Gasteiger partial charge in [0.25, 0.3) is 0 Å². The summed E-state index contributed by atoms with van der Waals surface area (Å²) in [5, 5.41) is 13.9. The molecule has 30 heavy (non-hydrogen) atoms. The van der Waals surface area contributed by atoms with E-state index in [1.807, 2.05) is 0 Å². The highest BCUT2D eigenvalue weighted by atomic mass is 35.5. The molecule has 0 aliphatic rings. The molecule has 2 atom stereocenters. The molecule has 0 aliphatic heterocycles. The molecule has 5 nitrogen and oxygen atoms in total. The number of nitrogens with one attached hydrogen (secondary N) is 1. The zero-order valence-corrected chi connectivity index (χ0v) is 18.2. The van der Waals surface area contributed by atoms with E-state index in [1.165, 1.54) is 18.2 Å². The Morgan fingerprint density at radius 1 is 1.10 bits per heavy atom. The fourth-order valence-corrected chi connectivity index (χ4v) is 3.00. The van der Waals surface area contributed by atoms with Gasteiger partial charge in [-0.05, 0) is 50.6 Å². The number of halogens is 3. The van der Waals surface area contributed by atoms with Crippen molar-refractivity contribution in [3.8, 4) is 0 Å². The van der Waals surface area contributed by atoms with Crippen molar-refractivity contribution in [3.05, 3.63) is 81.6 Å². The number of aliphatic hydroxyl groups is 1. The molecule has 0 radical (unpaired) electrons. The Balaban J connectivity index is 2.29. The first kappa shape index (κ1) is 23.9. The molecule has 0 heterocycles. The number of hydrogen-bond acceptors (Lipinski definition) is 4. The van der Waals surface area contributed by atoms with Crippen LogP contribution in [0.1, 0.15) is 44.0 Å². The number of rotatable bonds is 6. The number of amides is 1. The predicted molar refractivity (Wildman–Crippen MR) is 114 cm³/mol. The van der Waals surface area contributed by atoms with Crippen molar-refractivity contribution >= 4 is 35.1 Å². The summed E-state index contributed by atoms with van der Waals surface area (Å²) in [5.74, 6) is -2.13. The molecule has 0 saturated carbocycles. The van der Waals surface area contributed by atoms with Gasteiger partial charge in [0.15, 0.2) is 0 Å². The average Bonchev–Trinajstić information content (AvgIpc) is 2.63. The normalized spacial score (nSPS) is 13.7. The molecule has 160 valence electrons. The zero-order valence-electron chi connectivity index (χ0n) is 16.7. The fourth-order valence-electron chi connectivity index (χ4n) is 2.64. The Morgan fingerprint density at radius 3 is 2.37 bits per heavy atom. The maximum Gasteiger partial charge on any atom is 0.331 e. The van der Waals surface area contributed by atoms with Gasteiger partial charge < -0.3 is 15.2 Å². The minimum atomic E-state index is -1.32. The molecular weight excluding hydrogens is 432 g/mol. The summed E-state index contributed by atoms with van der Waals surface area (Å²) in [6, 6.07) is 9.08. The van der Waals surface area contributed by atoms with Gasteiger partial charge in [0.2, 0.25) is 5.91 Å². The van der Waals surface area contributed by atoms with E-state index in [0.29, 0.717) is 10.6 Å². The van der Waals surface area contributed by atoms with Crippen LogP contribution < -0.4 is 5.32 Å². The fraction of sp³-hybridized carbons (Fsp3) is 0.273. The monoisotopic (exact) mass is 453 g/mol. The van der Waals surface area contributed by atoms with Crippen molar-refractivity contribution in [2.45, 2.75) is 38.5 Å². The Morgan fingerprint density at radius 2 is 1.77 bits per heavy atom. The molecule has 0 unspecified atom stereocenters. The van der Waals surface area contributed by atoms with Gasteiger partial charge in [0, 0.05) is 27.8 Å². The first-order valence-electron chi connectivity index (χ1n) is 9.06. The van der Waals surface area contributed by atoms with Crippen LogP contribution in [0.3, 0.4) is 0 Å². The SMILES string of the molecule is CC(C)(C)OC(=O)/C=C/C(=O)N[C@H](c1ccc(Cl)cc1F)[C@H](O)c1cccc(Cl)c1. The van der Waals surface area contributed by atoms with E-state index in [2.05, 4.69) is 5.32 Å². The summed E-state index contributed by atoms with van der Waals surface area (Å²) < 4.78 is 19.6. The van der Waals surface area contributed by atoms with E-state index in [1.54, 1.807) is 39.0 Å². The molecule has 0 aliphatic carbocycles. The number of hydrogen-bond donors (Lipinski definition) is 2. The third kappa shape index (κ3) is 7.13. The summed E-state index contributed by atoms with van der Waals surface area (Å²) >= 11 is 11.8. The second-order valence-corrected chi connectivity index (χ2v) is 8.39. The molecule has 0 aromatic heterocycles. The lowest BCUT2D eigenvalue weighted by Gasteiger charge is -2.25. The summed E-state index contributed by atoms with van der Waals surface area (Å²) in [6.07, 6.45) is 0.597. The van der Waals surface area contributed by atoms with Crippen LogP contribution in [0.15, 0.2) is 54.6 Å². The minimum absolute atomic E-state index is 0.0193. The van der Waals surface area contributed by atoms with Crippen LogP contribution in [0.2, 0.25) is 10.0 Å². The van der Waals surface area contributed by atoms with E-state index in [4.69, 9.17) is 27.9 Å². The average molecular weight is 454 g/mol. The van der Waals surface area contributed by atoms with Gasteiger partial charge in [0.05, 0.1) is 6.04 Å². The number of carbonyl (C=O) groups is 2. The van der Waals surface area contributed by atoms with Crippen LogP contribution in [0.4, 0.5) is 4.39 Å². The van der Waals surface area contributed by atoms with Crippen molar-refractivity contribution < 1.29 is 23.8 Å². The van der Waals surface area contributed by atoms with E-state index in [-0.39, 0.29) is 10.6 Å². The molecule has 1 amide bonds. The quantitative estimate of drug-likeness (QED) is 0.480.